The first-order valence-electron chi connectivity index (χ1n) is 9.25. The van der Waals surface area contributed by atoms with Crippen LogP contribution in [0.2, 0.25) is 0 Å². The second-order valence-electron chi connectivity index (χ2n) is 7.25. The Hall–Kier alpha value is -2.21. The van der Waals surface area contributed by atoms with Gasteiger partial charge in [-0.1, -0.05) is 6.07 Å². The Labute approximate surface area is 153 Å². The molecule has 0 saturated carbocycles. The summed E-state index contributed by atoms with van der Waals surface area (Å²) in [6.45, 7) is 5.79. The predicted molar refractivity (Wildman–Crippen MR) is 98.9 cm³/mol. The highest BCUT2D eigenvalue weighted by molar-refractivity contribution is 5.39. The highest BCUT2D eigenvalue weighted by Crippen LogP contribution is 2.34. The van der Waals surface area contributed by atoms with Crippen LogP contribution in [0.5, 0.6) is 5.75 Å². The van der Waals surface area contributed by atoms with Crippen molar-refractivity contribution >= 4 is 5.82 Å². The molecule has 0 bridgehead atoms. The van der Waals surface area contributed by atoms with E-state index in [0.29, 0.717) is 11.8 Å². The second kappa shape index (κ2) is 7.19. The maximum Gasteiger partial charge on any atom is 0.165 e. The molecule has 0 radical (unpaired) electrons. The van der Waals surface area contributed by atoms with Gasteiger partial charge in [0.15, 0.2) is 11.6 Å². The van der Waals surface area contributed by atoms with E-state index in [-0.39, 0.29) is 5.82 Å². The molecule has 3 heterocycles. The number of hydrogen-bond acceptors (Lipinski definition) is 5. The number of ether oxygens (including phenoxy) is 1. The Bertz CT molecular complexity index is 784. The van der Waals surface area contributed by atoms with Crippen molar-refractivity contribution in [3.05, 3.63) is 47.7 Å². The molecule has 138 valence electrons. The van der Waals surface area contributed by atoms with Gasteiger partial charge in [-0.3, -0.25) is 4.90 Å². The van der Waals surface area contributed by atoms with Gasteiger partial charge in [0, 0.05) is 31.9 Å². The molecule has 0 N–H and O–H groups in total. The molecular formula is C20H25FN4O. The molecule has 2 aromatic rings. The van der Waals surface area contributed by atoms with E-state index in [9.17, 15) is 4.39 Å². The molecule has 1 aromatic heterocycles. The minimum Gasteiger partial charge on any atom is -0.494 e. The lowest BCUT2D eigenvalue weighted by Crippen LogP contribution is -2.48. The smallest absolute Gasteiger partial charge is 0.165 e. The number of hydrogen-bond donors (Lipinski definition) is 0. The Kier molecular flexibility index (Phi) is 4.76. The zero-order chi connectivity index (χ0) is 18.1. The van der Waals surface area contributed by atoms with Crippen molar-refractivity contribution < 1.29 is 9.13 Å². The number of aromatic nitrogens is 2. The molecule has 0 spiro atoms. The number of benzene rings is 1. The molecule has 5 nitrogen and oxygen atoms in total. The second-order valence-corrected chi connectivity index (χ2v) is 7.25. The summed E-state index contributed by atoms with van der Waals surface area (Å²) >= 11 is 0. The summed E-state index contributed by atoms with van der Waals surface area (Å²) in [7, 11) is 1.49. The molecule has 26 heavy (non-hydrogen) atoms. The molecule has 2 saturated heterocycles. The van der Waals surface area contributed by atoms with Gasteiger partial charge in [0.2, 0.25) is 0 Å². The molecule has 2 aliphatic heterocycles. The molecule has 0 amide bonds. The maximum absolute atomic E-state index is 14.0. The van der Waals surface area contributed by atoms with Gasteiger partial charge in [0.05, 0.1) is 7.11 Å². The van der Waals surface area contributed by atoms with Gasteiger partial charge in [-0.2, -0.15) is 0 Å². The third-order valence-electron chi connectivity index (χ3n) is 5.66. The minimum atomic E-state index is -0.289. The van der Waals surface area contributed by atoms with Crippen molar-refractivity contribution in [2.45, 2.75) is 32.4 Å². The van der Waals surface area contributed by atoms with Gasteiger partial charge in [-0.25, -0.2) is 14.4 Å². The van der Waals surface area contributed by atoms with Crippen molar-refractivity contribution in [1.82, 2.24) is 14.9 Å². The monoisotopic (exact) mass is 356 g/mol. The summed E-state index contributed by atoms with van der Waals surface area (Å²) in [5.41, 5.74) is 0.999. The van der Waals surface area contributed by atoms with Crippen molar-refractivity contribution in [2.24, 2.45) is 5.92 Å². The molecule has 2 atom stereocenters. The minimum absolute atomic E-state index is 0.289. The van der Waals surface area contributed by atoms with Gasteiger partial charge >= 0.3 is 0 Å². The summed E-state index contributed by atoms with van der Waals surface area (Å²) in [6.07, 6.45) is 4.23. The fourth-order valence-electron chi connectivity index (χ4n) is 4.29. The van der Waals surface area contributed by atoms with E-state index in [0.717, 1.165) is 49.3 Å². The normalized spacial score (nSPS) is 23.1. The van der Waals surface area contributed by atoms with Crippen LogP contribution < -0.4 is 9.64 Å². The Balaban J connectivity index is 1.48. The fourth-order valence-corrected chi connectivity index (χ4v) is 4.29. The fraction of sp³-hybridized carbons (Fsp3) is 0.500. The third kappa shape index (κ3) is 3.38. The molecule has 4 rings (SSSR count). The van der Waals surface area contributed by atoms with Crippen molar-refractivity contribution in [3.63, 3.8) is 0 Å². The first-order chi connectivity index (χ1) is 12.6. The lowest BCUT2D eigenvalue weighted by molar-refractivity contribution is 0.200. The lowest BCUT2D eigenvalue weighted by atomic mass is 9.92. The van der Waals surface area contributed by atoms with E-state index in [2.05, 4.69) is 19.8 Å². The van der Waals surface area contributed by atoms with Crippen LogP contribution in [-0.4, -0.2) is 47.7 Å². The molecule has 2 aliphatic rings. The Morgan fingerprint density at radius 2 is 2.08 bits per heavy atom. The van der Waals surface area contributed by atoms with Gasteiger partial charge in [-0.15, -0.1) is 0 Å². The van der Waals surface area contributed by atoms with Gasteiger partial charge in [0.1, 0.15) is 11.6 Å². The zero-order valence-electron chi connectivity index (χ0n) is 15.4. The van der Waals surface area contributed by atoms with Crippen LogP contribution in [0.15, 0.2) is 30.5 Å². The topological polar surface area (TPSA) is 41.5 Å². The van der Waals surface area contributed by atoms with Crippen LogP contribution in [0.1, 0.15) is 24.2 Å². The zero-order valence-corrected chi connectivity index (χ0v) is 15.4. The number of halogens is 1. The number of aryl methyl sites for hydroxylation is 1. The highest BCUT2D eigenvalue weighted by atomic mass is 19.1. The molecular weight excluding hydrogens is 331 g/mol. The van der Waals surface area contributed by atoms with E-state index in [1.165, 1.54) is 20.0 Å². The third-order valence-corrected chi connectivity index (χ3v) is 5.66. The quantitative estimate of drug-likeness (QED) is 0.842. The number of methoxy groups -OCH3 is 1. The van der Waals surface area contributed by atoms with Crippen LogP contribution in [0.25, 0.3) is 0 Å². The predicted octanol–water partition coefficient (Wildman–Crippen LogP) is 3.03. The van der Waals surface area contributed by atoms with Crippen molar-refractivity contribution in [1.29, 1.82) is 0 Å². The summed E-state index contributed by atoms with van der Waals surface area (Å²) in [4.78, 5) is 13.6. The van der Waals surface area contributed by atoms with E-state index in [4.69, 9.17) is 4.74 Å². The summed E-state index contributed by atoms with van der Waals surface area (Å²) in [5.74, 6) is 2.55. The summed E-state index contributed by atoms with van der Waals surface area (Å²) < 4.78 is 19.0. The molecule has 6 heteroatoms. The summed E-state index contributed by atoms with van der Waals surface area (Å²) in [6, 6.07) is 7.76. The highest BCUT2D eigenvalue weighted by Gasteiger charge is 2.38. The van der Waals surface area contributed by atoms with Crippen molar-refractivity contribution in [2.75, 3.05) is 31.6 Å². The first-order valence-corrected chi connectivity index (χ1v) is 9.25. The average Bonchev–Trinajstić information content (AvgIpc) is 3.04. The van der Waals surface area contributed by atoms with E-state index < -0.39 is 0 Å². The van der Waals surface area contributed by atoms with Crippen LogP contribution in [-0.2, 0) is 6.54 Å². The molecule has 2 fully saturated rings. The Morgan fingerprint density at radius 1 is 1.23 bits per heavy atom. The van der Waals surface area contributed by atoms with E-state index in [1.54, 1.807) is 12.1 Å². The van der Waals surface area contributed by atoms with Gasteiger partial charge in [0.25, 0.3) is 0 Å². The Morgan fingerprint density at radius 3 is 2.85 bits per heavy atom. The number of fused-ring (bicyclic) bond motifs is 1. The standard InChI is InChI=1S/C20H25FN4O/c1-14-22-8-5-20(23-14)25-10-7-16-6-9-24(18(16)13-25)12-15-3-4-19(26-2)17(21)11-15/h3-5,8,11,16,18H,6-7,9-10,12-13H2,1-2H3. The maximum atomic E-state index is 14.0. The van der Waals surface area contributed by atoms with E-state index >= 15 is 0 Å². The van der Waals surface area contributed by atoms with Gasteiger partial charge < -0.3 is 9.64 Å². The number of anilines is 1. The number of rotatable bonds is 4. The first kappa shape index (κ1) is 17.2. The largest absolute Gasteiger partial charge is 0.494 e. The van der Waals surface area contributed by atoms with Crippen LogP contribution in [0.3, 0.4) is 0 Å². The van der Waals surface area contributed by atoms with E-state index in [1.807, 2.05) is 25.3 Å². The van der Waals surface area contributed by atoms with Crippen LogP contribution in [0, 0.1) is 18.7 Å². The SMILES string of the molecule is COc1ccc(CN2CCC3CCN(c4ccnc(C)n4)CC32)cc1F. The molecule has 2 unspecified atom stereocenters. The number of nitrogens with zero attached hydrogens (tertiary/aromatic N) is 4. The van der Waals surface area contributed by atoms with Crippen LogP contribution >= 0.6 is 0 Å². The number of piperidine rings is 1. The van der Waals surface area contributed by atoms with Crippen molar-refractivity contribution in [3.8, 4) is 5.75 Å². The molecule has 0 aliphatic carbocycles. The van der Waals surface area contributed by atoms with Gasteiger partial charge in [-0.05, 0) is 56.0 Å². The van der Waals surface area contributed by atoms with Crippen LogP contribution in [0.4, 0.5) is 10.2 Å². The summed E-state index contributed by atoms with van der Waals surface area (Å²) in [5, 5.41) is 0. The average molecular weight is 356 g/mol. The lowest BCUT2D eigenvalue weighted by Gasteiger charge is -2.39. The molecule has 1 aromatic carbocycles. The number of likely N-dealkylation sites (tertiary alicyclic amines) is 1.